The summed E-state index contributed by atoms with van der Waals surface area (Å²) >= 11 is 0. The van der Waals surface area contributed by atoms with Crippen molar-refractivity contribution in [2.45, 2.75) is 71.5 Å². The van der Waals surface area contributed by atoms with E-state index in [2.05, 4.69) is 0 Å². The van der Waals surface area contributed by atoms with E-state index in [0.717, 1.165) is 12.0 Å². The summed E-state index contributed by atoms with van der Waals surface area (Å²) < 4.78 is 5.28. The SMILES string of the molecule is CC(=O)OC1=C(C)[C@@]2(C)C(=CC1=O)CC[C@@H]1[C@@H]2[C@@H](O)C[C@@]2(C)[C@H]1CC[C@]2(O)C(=O)CO. The number of carbonyl (C=O) groups excluding carboxylic acids is 3. The third kappa shape index (κ3) is 2.79. The molecule has 7 atom stereocenters. The minimum Gasteiger partial charge on any atom is -0.423 e. The van der Waals surface area contributed by atoms with Crippen LogP contribution in [0.4, 0.5) is 0 Å². The number of aliphatic hydroxyl groups is 3. The highest BCUT2D eigenvalue weighted by molar-refractivity contribution is 6.06. The van der Waals surface area contributed by atoms with Gasteiger partial charge in [0.2, 0.25) is 5.78 Å². The van der Waals surface area contributed by atoms with Gasteiger partial charge in [-0.15, -0.1) is 0 Å². The number of hydrogen-bond acceptors (Lipinski definition) is 7. The number of Topliss-reactive ketones (excluding diaryl/α,β-unsaturated/α-hetero) is 1. The van der Waals surface area contributed by atoms with E-state index < -0.39 is 40.9 Å². The Morgan fingerprint density at radius 2 is 1.94 bits per heavy atom. The van der Waals surface area contributed by atoms with Crippen LogP contribution in [0, 0.1) is 28.6 Å². The van der Waals surface area contributed by atoms with E-state index in [4.69, 9.17) is 4.74 Å². The van der Waals surface area contributed by atoms with Crippen molar-refractivity contribution in [2.24, 2.45) is 28.6 Å². The van der Waals surface area contributed by atoms with Gasteiger partial charge >= 0.3 is 5.97 Å². The smallest absolute Gasteiger partial charge is 0.308 e. The van der Waals surface area contributed by atoms with E-state index in [1.807, 2.05) is 13.8 Å². The Morgan fingerprint density at radius 3 is 2.55 bits per heavy atom. The fourth-order valence-corrected chi connectivity index (χ4v) is 7.59. The molecule has 0 heterocycles. The molecule has 7 nitrogen and oxygen atoms in total. The number of ether oxygens (including phenoxy) is 1. The van der Waals surface area contributed by atoms with E-state index in [-0.39, 0.29) is 42.1 Å². The number of esters is 1. The third-order valence-electron chi connectivity index (χ3n) is 9.19. The number of aliphatic hydroxyl groups excluding tert-OH is 2. The van der Waals surface area contributed by atoms with E-state index in [1.54, 1.807) is 13.0 Å². The van der Waals surface area contributed by atoms with Gasteiger partial charge in [-0.3, -0.25) is 14.4 Å². The second-order valence-corrected chi connectivity index (χ2v) is 10.3. The van der Waals surface area contributed by atoms with Gasteiger partial charge in [-0.1, -0.05) is 19.4 Å². The molecule has 0 aliphatic heterocycles. The zero-order valence-electron chi connectivity index (χ0n) is 18.6. The lowest BCUT2D eigenvalue weighted by Crippen LogP contribution is -2.62. The molecule has 0 amide bonds. The van der Waals surface area contributed by atoms with Crippen LogP contribution in [0.2, 0.25) is 0 Å². The molecular weight excluding hydrogens is 400 g/mol. The number of ketones is 2. The first kappa shape index (κ1) is 22.4. The molecule has 0 spiro atoms. The van der Waals surface area contributed by atoms with Crippen molar-refractivity contribution in [3.8, 4) is 0 Å². The van der Waals surface area contributed by atoms with E-state index in [1.165, 1.54) is 6.92 Å². The average molecular weight is 433 g/mol. The van der Waals surface area contributed by atoms with Crippen LogP contribution in [0.1, 0.15) is 59.8 Å². The summed E-state index contributed by atoms with van der Waals surface area (Å²) in [6.45, 7) is 6.21. The van der Waals surface area contributed by atoms with Crippen LogP contribution >= 0.6 is 0 Å². The molecule has 170 valence electrons. The predicted octanol–water partition coefficient (Wildman–Crippen LogP) is 1.84. The first-order chi connectivity index (χ1) is 14.4. The maximum absolute atomic E-state index is 12.6. The lowest BCUT2D eigenvalue weighted by Gasteiger charge is -2.60. The molecule has 4 aliphatic carbocycles. The molecule has 4 rings (SSSR count). The Kier molecular flexibility index (Phi) is 5.11. The Hall–Kier alpha value is -1.83. The van der Waals surface area contributed by atoms with Crippen LogP contribution < -0.4 is 0 Å². The molecule has 3 fully saturated rings. The fourth-order valence-electron chi connectivity index (χ4n) is 7.59. The number of rotatable bonds is 3. The molecule has 0 aromatic carbocycles. The third-order valence-corrected chi connectivity index (χ3v) is 9.19. The zero-order valence-corrected chi connectivity index (χ0v) is 18.6. The second kappa shape index (κ2) is 7.09. The molecule has 31 heavy (non-hydrogen) atoms. The van der Waals surface area contributed by atoms with Gasteiger partial charge in [0, 0.05) is 23.7 Å². The standard InChI is InChI=1S/C24H32O7/c1-12-21(31-13(2)26)17(27)9-14-5-6-15-16-7-8-24(30,19(29)11-25)22(16,3)10-18(28)20(15)23(12,14)4/h9,15-16,18,20,25,28,30H,5-8,10-11H2,1-4H3/t15-,16-,18-,20+,22-,23-,24-/m0/s1. The number of carbonyl (C=O) groups is 3. The minimum absolute atomic E-state index is 0.00220. The van der Waals surface area contributed by atoms with Crippen molar-refractivity contribution in [1.29, 1.82) is 0 Å². The van der Waals surface area contributed by atoms with Crippen molar-refractivity contribution in [3.05, 3.63) is 23.0 Å². The summed E-state index contributed by atoms with van der Waals surface area (Å²) in [5.41, 5.74) is -1.53. The van der Waals surface area contributed by atoms with Crippen LogP contribution in [0.3, 0.4) is 0 Å². The first-order valence-electron chi connectivity index (χ1n) is 11.1. The lowest BCUT2D eigenvalue weighted by molar-refractivity contribution is -0.179. The van der Waals surface area contributed by atoms with Gasteiger partial charge in [0.25, 0.3) is 0 Å². The Bertz CT molecular complexity index is 917. The molecule has 0 aromatic rings. The van der Waals surface area contributed by atoms with Crippen molar-refractivity contribution in [1.82, 2.24) is 0 Å². The predicted molar refractivity (Wildman–Crippen MR) is 110 cm³/mol. The minimum atomic E-state index is -1.65. The summed E-state index contributed by atoms with van der Waals surface area (Å²) in [6, 6.07) is 0. The zero-order chi connectivity index (χ0) is 22.9. The summed E-state index contributed by atoms with van der Waals surface area (Å²) in [4.78, 5) is 36.8. The van der Waals surface area contributed by atoms with Gasteiger partial charge < -0.3 is 20.1 Å². The molecule has 4 aliphatic rings. The molecule has 0 unspecified atom stereocenters. The highest BCUT2D eigenvalue weighted by Crippen LogP contribution is 2.68. The number of fused-ring (bicyclic) bond motifs is 5. The monoisotopic (exact) mass is 432 g/mol. The van der Waals surface area contributed by atoms with Crippen LogP contribution in [-0.2, 0) is 19.1 Å². The molecule has 0 bridgehead atoms. The molecule has 7 heteroatoms. The fraction of sp³-hybridized carbons (Fsp3) is 0.708. The van der Waals surface area contributed by atoms with Crippen LogP contribution in [0.15, 0.2) is 23.0 Å². The lowest BCUT2D eigenvalue weighted by atomic mass is 9.45. The highest BCUT2D eigenvalue weighted by atomic mass is 16.5. The highest BCUT2D eigenvalue weighted by Gasteiger charge is 2.68. The number of hydrogen-bond donors (Lipinski definition) is 3. The average Bonchev–Trinajstić information content (AvgIpc) is 2.97. The quantitative estimate of drug-likeness (QED) is 0.582. The van der Waals surface area contributed by atoms with Crippen molar-refractivity contribution in [2.75, 3.05) is 6.61 Å². The summed E-state index contributed by atoms with van der Waals surface area (Å²) in [5, 5.41) is 32.2. The topological polar surface area (TPSA) is 121 Å². The van der Waals surface area contributed by atoms with Gasteiger partial charge in [0.05, 0.1) is 6.10 Å². The van der Waals surface area contributed by atoms with Gasteiger partial charge in [-0.05, 0) is 62.5 Å². The number of allylic oxidation sites excluding steroid dienone is 3. The van der Waals surface area contributed by atoms with Gasteiger partial charge in [-0.25, -0.2) is 0 Å². The van der Waals surface area contributed by atoms with E-state index in [0.29, 0.717) is 18.4 Å². The Labute approximate surface area is 182 Å². The molecule has 0 saturated heterocycles. The molecule has 3 N–H and O–H groups in total. The summed E-state index contributed by atoms with van der Waals surface area (Å²) in [6.07, 6.45) is 3.29. The molecule has 0 radical (unpaired) electrons. The Morgan fingerprint density at radius 1 is 1.26 bits per heavy atom. The molecular formula is C24H32O7. The van der Waals surface area contributed by atoms with E-state index >= 15 is 0 Å². The molecule has 3 saturated carbocycles. The van der Waals surface area contributed by atoms with Gasteiger partial charge in [0.1, 0.15) is 12.2 Å². The second-order valence-electron chi connectivity index (χ2n) is 10.3. The first-order valence-corrected chi connectivity index (χ1v) is 11.1. The summed E-state index contributed by atoms with van der Waals surface area (Å²) in [7, 11) is 0. The summed E-state index contributed by atoms with van der Waals surface area (Å²) in [5.74, 6) is -1.62. The van der Waals surface area contributed by atoms with Crippen LogP contribution in [0.5, 0.6) is 0 Å². The van der Waals surface area contributed by atoms with Crippen LogP contribution in [0.25, 0.3) is 0 Å². The van der Waals surface area contributed by atoms with Crippen molar-refractivity contribution in [3.63, 3.8) is 0 Å². The van der Waals surface area contributed by atoms with E-state index in [9.17, 15) is 29.7 Å². The van der Waals surface area contributed by atoms with Gasteiger partial charge in [0.15, 0.2) is 11.5 Å². The van der Waals surface area contributed by atoms with Crippen LogP contribution in [-0.4, -0.2) is 51.2 Å². The Balaban J connectivity index is 1.79. The molecule has 0 aromatic heterocycles. The van der Waals surface area contributed by atoms with Crippen molar-refractivity contribution >= 4 is 17.5 Å². The van der Waals surface area contributed by atoms with Gasteiger partial charge in [-0.2, -0.15) is 0 Å². The largest absolute Gasteiger partial charge is 0.423 e. The normalized spacial score (nSPS) is 44.2. The maximum atomic E-state index is 12.6. The van der Waals surface area contributed by atoms with Crippen molar-refractivity contribution < 1.29 is 34.4 Å². The maximum Gasteiger partial charge on any atom is 0.308 e.